The number of amides is 1. The van der Waals surface area contributed by atoms with Crippen LogP contribution in [0.4, 0.5) is 0 Å². The highest BCUT2D eigenvalue weighted by Crippen LogP contribution is 2.35. The minimum absolute atomic E-state index is 0.00401. The summed E-state index contributed by atoms with van der Waals surface area (Å²) in [5, 5.41) is 27.3. The van der Waals surface area contributed by atoms with Crippen molar-refractivity contribution in [3.8, 4) is 11.8 Å². The van der Waals surface area contributed by atoms with Crippen LogP contribution in [0.1, 0.15) is 40.6 Å². The summed E-state index contributed by atoms with van der Waals surface area (Å²) < 4.78 is 1.45. The van der Waals surface area contributed by atoms with Crippen LogP contribution in [0.25, 0.3) is 0 Å². The molecule has 1 aromatic carbocycles. The molecule has 0 saturated heterocycles. The Morgan fingerprint density at radius 2 is 2.04 bits per heavy atom. The Labute approximate surface area is 139 Å². The van der Waals surface area contributed by atoms with Crippen LogP contribution in [0.2, 0.25) is 0 Å². The molecule has 2 aromatic rings. The maximum Gasteiger partial charge on any atom is 0.272 e. The van der Waals surface area contributed by atoms with Crippen molar-refractivity contribution in [3.05, 3.63) is 47.3 Å². The number of aliphatic hydroxyl groups is 2. The summed E-state index contributed by atoms with van der Waals surface area (Å²) in [6, 6.07) is 8.91. The molecule has 4 N–H and O–H groups in total. The van der Waals surface area contributed by atoms with Gasteiger partial charge in [0.2, 0.25) is 0 Å². The van der Waals surface area contributed by atoms with E-state index < -0.39 is 12.0 Å². The van der Waals surface area contributed by atoms with Gasteiger partial charge in [0.05, 0.1) is 12.1 Å². The maximum atomic E-state index is 11.6. The smallest absolute Gasteiger partial charge is 0.272 e. The summed E-state index contributed by atoms with van der Waals surface area (Å²) in [4.78, 5) is 11.6. The van der Waals surface area contributed by atoms with E-state index in [2.05, 4.69) is 22.2 Å². The molecule has 3 atom stereocenters. The second kappa shape index (κ2) is 6.83. The van der Waals surface area contributed by atoms with Gasteiger partial charge < -0.3 is 15.9 Å². The standard InChI is InChI=1S/C17H18N4O3/c18-17(24)16-13(7-6-11-4-2-1-3-5-11)21(20-19-16)14-8-12(10-22)9-15(14)23/h1-5,12,14-15,22-23H,8-10H2,(H2,18,24)/t12-,14+,15+/m0/s1. The third kappa shape index (κ3) is 3.15. The fourth-order valence-corrected chi connectivity index (χ4v) is 2.97. The van der Waals surface area contributed by atoms with Crippen LogP contribution in [-0.4, -0.2) is 43.8 Å². The van der Waals surface area contributed by atoms with Crippen molar-refractivity contribution in [1.29, 1.82) is 0 Å². The first kappa shape index (κ1) is 16.2. The van der Waals surface area contributed by atoms with Crippen LogP contribution in [0.3, 0.4) is 0 Å². The summed E-state index contributed by atoms with van der Waals surface area (Å²) in [6.45, 7) is -0.00401. The van der Waals surface area contributed by atoms with Crippen LogP contribution in [0.5, 0.6) is 0 Å². The van der Waals surface area contributed by atoms with Crippen molar-refractivity contribution < 1.29 is 15.0 Å². The molecule has 0 bridgehead atoms. The van der Waals surface area contributed by atoms with Crippen LogP contribution in [0.15, 0.2) is 30.3 Å². The van der Waals surface area contributed by atoms with E-state index in [4.69, 9.17) is 5.73 Å². The van der Waals surface area contributed by atoms with Gasteiger partial charge in [-0.3, -0.25) is 4.79 Å². The van der Waals surface area contributed by atoms with Gasteiger partial charge in [0.25, 0.3) is 5.91 Å². The summed E-state index contributed by atoms with van der Waals surface area (Å²) >= 11 is 0. The summed E-state index contributed by atoms with van der Waals surface area (Å²) in [6.07, 6.45) is 0.333. The zero-order valence-corrected chi connectivity index (χ0v) is 13.0. The first-order valence-electron chi connectivity index (χ1n) is 7.71. The van der Waals surface area contributed by atoms with Crippen molar-refractivity contribution in [3.63, 3.8) is 0 Å². The highest BCUT2D eigenvalue weighted by Gasteiger charge is 2.36. The van der Waals surface area contributed by atoms with Crippen molar-refractivity contribution in [2.75, 3.05) is 6.61 Å². The van der Waals surface area contributed by atoms with E-state index in [0.29, 0.717) is 12.8 Å². The maximum absolute atomic E-state index is 11.6. The Morgan fingerprint density at radius 1 is 1.29 bits per heavy atom. The van der Waals surface area contributed by atoms with Gasteiger partial charge in [0, 0.05) is 12.2 Å². The fourth-order valence-electron chi connectivity index (χ4n) is 2.97. The van der Waals surface area contributed by atoms with E-state index in [0.717, 1.165) is 5.56 Å². The van der Waals surface area contributed by atoms with Crippen molar-refractivity contribution in [2.45, 2.75) is 25.0 Å². The number of hydrogen-bond acceptors (Lipinski definition) is 5. The highest BCUT2D eigenvalue weighted by atomic mass is 16.3. The van der Waals surface area contributed by atoms with Crippen LogP contribution in [0, 0.1) is 17.8 Å². The molecule has 1 aliphatic carbocycles. The Kier molecular flexibility index (Phi) is 4.60. The molecule has 1 amide bonds. The van der Waals surface area contributed by atoms with E-state index in [9.17, 15) is 15.0 Å². The molecular weight excluding hydrogens is 308 g/mol. The molecule has 7 nitrogen and oxygen atoms in total. The van der Waals surface area contributed by atoms with Gasteiger partial charge in [0.15, 0.2) is 5.69 Å². The van der Waals surface area contributed by atoms with Gasteiger partial charge in [-0.25, -0.2) is 4.68 Å². The first-order chi connectivity index (χ1) is 11.6. The number of nitrogens with two attached hydrogens (primary N) is 1. The number of aliphatic hydroxyl groups excluding tert-OH is 2. The van der Waals surface area contributed by atoms with Crippen molar-refractivity contribution in [2.24, 2.45) is 11.7 Å². The Morgan fingerprint density at radius 3 is 2.67 bits per heavy atom. The summed E-state index contributed by atoms with van der Waals surface area (Å²) in [7, 11) is 0. The number of nitrogens with zero attached hydrogens (tertiary/aromatic N) is 3. The first-order valence-corrected chi connectivity index (χ1v) is 7.71. The largest absolute Gasteiger partial charge is 0.396 e. The quantitative estimate of drug-likeness (QED) is 0.691. The van der Waals surface area contributed by atoms with Crippen molar-refractivity contribution >= 4 is 5.91 Å². The second-order valence-electron chi connectivity index (χ2n) is 5.87. The fraction of sp³-hybridized carbons (Fsp3) is 0.353. The molecule has 1 fully saturated rings. The lowest BCUT2D eigenvalue weighted by atomic mass is 10.1. The molecule has 0 radical (unpaired) electrons. The molecule has 1 aromatic heterocycles. The number of carbonyl (C=O) groups excluding carboxylic acids is 1. The Balaban J connectivity index is 2.00. The number of primary amides is 1. The molecule has 1 saturated carbocycles. The van der Waals surface area contributed by atoms with Gasteiger partial charge in [-0.1, -0.05) is 29.3 Å². The summed E-state index contributed by atoms with van der Waals surface area (Å²) in [5.74, 6) is 5.13. The molecule has 0 aliphatic heterocycles. The topological polar surface area (TPSA) is 114 Å². The van der Waals surface area contributed by atoms with Gasteiger partial charge >= 0.3 is 0 Å². The average Bonchev–Trinajstić information content (AvgIpc) is 3.16. The van der Waals surface area contributed by atoms with E-state index >= 15 is 0 Å². The van der Waals surface area contributed by atoms with E-state index in [1.807, 2.05) is 30.3 Å². The molecule has 124 valence electrons. The molecular formula is C17H18N4O3. The van der Waals surface area contributed by atoms with Gasteiger partial charge in [-0.05, 0) is 36.8 Å². The van der Waals surface area contributed by atoms with Gasteiger partial charge in [-0.15, -0.1) is 5.10 Å². The van der Waals surface area contributed by atoms with Crippen LogP contribution < -0.4 is 5.73 Å². The lowest BCUT2D eigenvalue weighted by Crippen LogP contribution is -2.21. The Bertz CT molecular complexity index is 791. The monoisotopic (exact) mass is 326 g/mol. The van der Waals surface area contributed by atoms with Crippen LogP contribution in [-0.2, 0) is 0 Å². The molecule has 1 aliphatic rings. The molecule has 7 heteroatoms. The van der Waals surface area contributed by atoms with E-state index in [1.54, 1.807) is 0 Å². The van der Waals surface area contributed by atoms with Crippen molar-refractivity contribution in [1.82, 2.24) is 15.0 Å². The lowest BCUT2D eigenvalue weighted by Gasteiger charge is -2.15. The second-order valence-corrected chi connectivity index (χ2v) is 5.87. The number of aromatic nitrogens is 3. The molecule has 24 heavy (non-hydrogen) atoms. The zero-order valence-electron chi connectivity index (χ0n) is 13.0. The van der Waals surface area contributed by atoms with E-state index in [1.165, 1.54) is 4.68 Å². The summed E-state index contributed by atoms with van der Waals surface area (Å²) in [5.41, 5.74) is 6.41. The number of hydrogen-bond donors (Lipinski definition) is 3. The predicted octanol–water partition coefficient (Wildman–Crippen LogP) is 0.0811. The SMILES string of the molecule is NC(=O)c1nnn([C@@H]2C[C@H](CO)C[C@H]2O)c1C#Cc1ccccc1. The molecule has 0 spiro atoms. The predicted molar refractivity (Wildman–Crippen MR) is 85.8 cm³/mol. The number of rotatable bonds is 3. The zero-order chi connectivity index (χ0) is 17.1. The minimum atomic E-state index is -0.718. The molecule has 3 rings (SSSR count). The molecule has 1 heterocycles. The van der Waals surface area contributed by atoms with E-state index in [-0.39, 0.29) is 30.0 Å². The average molecular weight is 326 g/mol. The highest BCUT2D eigenvalue weighted by molar-refractivity contribution is 5.92. The number of carbonyl (C=O) groups is 1. The minimum Gasteiger partial charge on any atom is -0.396 e. The number of benzene rings is 1. The van der Waals surface area contributed by atoms with Crippen LogP contribution >= 0.6 is 0 Å². The molecule has 0 unspecified atom stereocenters. The van der Waals surface area contributed by atoms with Gasteiger partial charge in [-0.2, -0.15) is 0 Å². The third-order valence-electron chi connectivity index (χ3n) is 4.19. The van der Waals surface area contributed by atoms with Gasteiger partial charge in [0.1, 0.15) is 5.69 Å². The normalized spacial score (nSPS) is 22.8. The lowest BCUT2D eigenvalue weighted by molar-refractivity contribution is 0.0994. The third-order valence-corrected chi connectivity index (χ3v) is 4.19. The Hall–Kier alpha value is -2.69.